The van der Waals surface area contributed by atoms with Gasteiger partial charge < -0.3 is 10.2 Å². The zero-order valence-electron chi connectivity index (χ0n) is 9.06. The minimum absolute atomic E-state index is 0.640. The number of nitrogens with one attached hydrogen (secondary N) is 1. The quantitative estimate of drug-likeness (QED) is 0.846. The van der Waals surface area contributed by atoms with Gasteiger partial charge in [-0.2, -0.15) is 0 Å². The van der Waals surface area contributed by atoms with Crippen molar-refractivity contribution in [2.75, 3.05) is 24.5 Å². The second-order valence-electron chi connectivity index (χ2n) is 4.57. The van der Waals surface area contributed by atoms with E-state index in [9.17, 15) is 0 Å². The molecule has 0 aromatic carbocycles. The SMILES string of the molecule is Brc1cnc(N2CC3CCCNC3C2)nc1. The Morgan fingerprint density at radius 3 is 2.88 bits per heavy atom. The summed E-state index contributed by atoms with van der Waals surface area (Å²) in [6, 6.07) is 0.640. The Labute approximate surface area is 104 Å². The lowest BCUT2D eigenvalue weighted by Gasteiger charge is -2.24. The highest BCUT2D eigenvalue weighted by molar-refractivity contribution is 9.10. The van der Waals surface area contributed by atoms with E-state index in [-0.39, 0.29) is 0 Å². The normalized spacial score (nSPS) is 29.2. The van der Waals surface area contributed by atoms with E-state index in [0.29, 0.717) is 6.04 Å². The Hall–Kier alpha value is -0.680. The van der Waals surface area contributed by atoms with E-state index in [4.69, 9.17) is 0 Å². The van der Waals surface area contributed by atoms with E-state index < -0.39 is 0 Å². The van der Waals surface area contributed by atoms with Gasteiger partial charge in [0.1, 0.15) is 0 Å². The van der Waals surface area contributed by atoms with E-state index in [0.717, 1.165) is 36.0 Å². The van der Waals surface area contributed by atoms with Gasteiger partial charge in [-0.05, 0) is 41.2 Å². The number of piperidine rings is 1. The highest BCUT2D eigenvalue weighted by Crippen LogP contribution is 2.27. The summed E-state index contributed by atoms with van der Waals surface area (Å²) in [5.41, 5.74) is 0. The molecular formula is C11H15BrN4. The molecule has 2 unspecified atom stereocenters. The first-order valence-corrected chi connectivity index (χ1v) is 6.58. The maximum atomic E-state index is 4.36. The molecule has 2 atom stereocenters. The lowest BCUT2D eigenvalue weighted by Crippen LogP contribution is -2.40. The number of hydrogen-bond donors (Lipinski definition) is 1. The summed E-state index contributed by atoms with van der Waals surface area (Å²) in [5.74, 6) is 1.64. The van der Waals surface area contributed by atoms with Crippen molar-refractivity contribution in [1.82, 2.24) is 15.3 Å². The number of fused-ring (bicyclic) bond motifs is 1. The fourth-order valence-electron chi connectivity index (χ4n) is 2.68. The minimum Gasteiger partial charge on any atom is -0.339 e. The zero-order chi connectivity index (χ0) is 11.0. The summed E-state index contributed by atoms with van der Waals surface area (Å²) < 4.78 is 0.936. The van der Waals surface area contributed by atoms with Crippen LogP contribution in [-0.2, 0) is 0 Å². The maximum Gasteiger partial charge on any atom is 0.225 e. The van der Waals surface area contributed by atoms with Gasteiger partial charge in [0.25, 0.3) is 0 Å². The van der Waals surface area contributed by atoms with Crippen LogP contribution in [-0.4, -0.2) is 35.6 Å². The van der Waals surface area contributed by atoms with E-state index in [2.05, 4.69) is 36.1 Å². The van der Waals surface area contributed by atoms with Gasteiger partial charge in [0, 0.05) is 31.5 Å². The summed E-state index contributed by atoms with van der Waals surface area (Å²) in [7, 11) is 0. The molecule has 0 spiro atoms. The van der Waals surface area contributed by atoms with Crippen molar-refractivity contribution in [3.63, 3.8) is 0 Å². The van der Waals surface area contributed by atoms with Crippen LogP contribution in [0.4, 0.5) is 5.95 Å². The highest BCUT2D eigenvalue weighted by atomic mass is 79.9. The van der Waals surface area contributed by atoms with Gasteiger partial charge in [0.2, 0.25) is 5.95 Å². The number of hydrogen-bond acceptors (Lipinski definition) is 4. The molecule has 2 aliphatic heterocycles. The molecule has 2 aliphatic rings. The monoisotopic (exact) mass is 282 g/mol. The molecule has 0 saturated carbocycles. The summed E-state index contributed by atoms with van der Waals surface area (Å²) >= 11 is 3.36. The minimum atomic E-state index is 0.640. The molecule has 4 nitrogen and oxygen atoms in total. The van der Waals surface area contributed by atoms with Crippen LogP contribution in [0.3, 0.4) is 0 Å². The zero-order valence-corrected chi connectivity index (χ0v) is 10.7. The highest BCUT2D eigenvalue weighted by Gasteiger charge is 2.35. The molecule has 1 aromatic heterocycles. The summed E-state index contributed by atoms with van der Waals surface area (Å²) in [6.07, 6.45) is 6.27. The number of anilines is 1. The Morgan fingerprint density at radius 2 is 2.12 bits per heavy atom. The van der Waals surface area contributed by atoms with E-state index >= 15 is 0 Å². The van der Waals surface area contributed by atoms with Crippen LogP contribution in [0.5, 0.6) is 0 Å². The smallest absolute Gasteiger partial charge is 0.225 e. The number of nitrogens with zero attached hydrogens (tertiary/aromatic N) is 3. The van der Waals surface area contributed by atoms with Crippen LogP contribution >= 0.6 is 15.9 Å². The molecule has 16 heavy (non-hydrogen) atoms. The first kappa shape index (κ1) is 10.5. The van der Waals surface area contributed by atoms with Crippen molar-refractivity contribution in [3.05, 3.63) is 16.9 Å². The molecule has 0 aliphatic carbocycles. The molecule has 2 fully saturated rings. The Bertz CT molecular complexity index is 353. The molecule has 1 aromatic rings. The fraction of sp³-hybridized carbons (Fsp3) is 0.636. The predicted octanol–water partition coefficient (Wildman–Crippen LogP) is 1.43. The Balaban J connectivity index is 1.75. The Morgan fingerprint density at radius 1 is 1.31 bits per heavy atom. The molecule has 0 radical (unpaired) electrons. The van der Waals surface area contributed by atoms with Gasteiger partial charge in [0.15, 0.2) is 0 Å². The first-order valence-electron chi connectivity index (χ1n) is 5.79. The average molecular weight is 283 g/mol. The molecule has 3 rings (SSSR count). The maximum absolute atomic E-state index is 4.36. The second-order valence-corrected chi connectivity index (χ2v) is 5.48. The van der Waals surface area contributed by atoms with E-state index in [1.54, 1.807) is 0 Å². The molecule has 0 amide bonds. The fourth-order valence-corrected chi connectivity index (χ4v) is 2.88. The molecule has 2 saturated heterocycles. The Kier molecular flexibility index (Phi) is 2.81. The van der Waals surface area contributed by atoms with E-state index in [1.807, 2.05) is 12.4 Å². The summed E-state index contributed by atoms with van der Waals surface area (Å²) in [5, 5.41) is 3.59. The van der Waals surface area contributed by atoms with Gasteiger partial charge in [-0.1, -0.05) is 0 Å². The molecule has 0 bridgehead atoms. The van der Waals surface area contributed by atoms with Gasteiger partial charge in [-0.25, -0.2) is 9.97 Å². The van der Waals surface area contributed by atoms with Crippen LogP contribution in [0.2, 0.25) is 0 Å². The van der Waals surface area contributed by atoms with Crippen molar-refractivity contribution < 1.29 is 0 Å². The van der Waals surface area contributed by atoms with Gasteiger partial charge in [-0.3, -0.25) is 0 Å². The lowest BCUT2D eigenvalue weighted by atomic mass is 9.94. The molecule has 1 N–H and O–H groups in total. The molecule has 5 heteroatoms. The summed E-state index contributed by atoms with van der Waals surface area (Å²) in [6.45, 7) is 3.31. The van der Waals surface area contributed by atoms with Gasteiger partial charge >= 0.3 is 0 Å². The van der Waals surface area contributed by atoms with Crippen molar-refractivity contribution in [3.8, 4) is 0 Å². The van der Waals surface area contributed by atoms with Crippen LogP contribution in [0.1, 0.15) is 12.8 Å². The van der Waals surface area contributed by atoms with E-state index in [1.165, 1.54) is 12.8 Å². The third-order valence-electron chi connectivity index (χ3n) is 3.49. The van der Waals surface area contributed by atoms with Crippen molar-refractivity contribution >= 4 is 21.9 Å². The summed E-state index contributed by atoms with van der Waals surface area (Å²) in [4.78, 5) is 11.0. The number of rotatable bonds is 1. The lowest BCUT2D eigenvalue weighted by molar-refractivity contribution is 0.340. The number of aromatic nitrogens is 2. The molecule has 3 heterocycles. The van der Waals surface area contributed by atoms with Crippen LogP contribution < -0.4 is 10.2 Å². The van der Waals surface area contributed by atoms with Crippen LogP contribution in [0.25, 0.3) is 0 Å². The van der Waals surface area contributed by atoms with Gasteiger partial charge in [-0.15, -0.1) is 0 Å². The van der Waals surface area contributed by atoms with Gasteiger partial charge in [0.05, 0.1) is 4.47 Å². The second kappa shape index (κ2) is 4.30. The molecular weight excluding hydrogens is 268 g/mol. The largest absolute Gasteiger partial charge is 0.339 e. The third-order valence-corrected chi connectivity index (χ3v) is 3.90. The van der Waals surface area contributed by atoms with Crippen LogP contribution in [0.15, 0.2) is 16.9 Å². The topological polar surface area (TPSA) is 41.1 Å². The van der Waals surface area contributed by atoms with Crippen molar-refractivity contribution in [1.29, 1.82) is 0 Å². The van der Waals surface area contributed by atoms with Crippen molar-refractivity contribution in [2.24, 2.45) is 5.92 Å². The third kappa shape index (κ3) is 1.94. The van der Waals surface area contributed by atoms with Crippen LogP contribution in [0, 0.1) is 5.92 Å². The predicted molar refractivity (Wildman–Crippen MR) is 66.5 cm³/mol. The van der Waals surface area contributed by atoms with Crippen molar-refractivity contribution in [2.45, 2.75) is 18.9 Å². The molecule has 86 valence electrons. The number of halogens is 1. The average Bonchev–Trinajstić information content (AvgIpc) is 2.73. The first-order chi connectivity index (χ1) is 7.83. The standard InChI is InChI=1S/C11H15BrN4/c12-9-4-14-11(15-5-9)16-6-8-2-1-3-13-10(8)7-16/h4-5,8,10,13H,1-3,6-7H2.